The number of nitrogens with one attached hydrogen (secondary N) is 1. The molecule has 0 heterocycles. The van der Waals surface area contributed by atoms with Gasteiger partial charge in [0, 0.05) is 25.8 Å². The molecule has 0 aliphatic carbocycles. The average Bonchev–Trinajstić information content (AvgIpc) is 2.41. The second-order valence-corrected chi connectivity index (χ2v) is 4.89. The summed E-state index contributed by atoms with van der Waals surface area (Å²) in [7, 11) is 1.83. The summed E-state index contributed by atoms with van der Waals surface area (Å²) in [5.74, 6) is 0. The Morgan fingerprint density at radius 2 is 1.90 bits per heavy atom. The van der Waals surface area contributed by atoms with Crippen LogP contribution in [0.15, 0.2) is 18.2 Å². The molecule has 20 heavy (non-hydrogen) atoms. The molecule has 5 heteroatoms. The highest BCUT2D eigenvalue weighted by Gasteiger charge is 2.33. The Morgan fingerprint density at radius 3 is 2.45 bits per heavy atom. The molecule has 0 amide bonds. The van der Waals surface area contributed by atoms with Crippen LogP contribution in [0.25, 0.3) is 0 Å². The van der Waals surface area contributed by atoms with E-state index in [1.165, 1.54) is 6.07 Å². The molecule has 0 unspecified atom stereocenters. The van der Waals surface area contributed by atoms with Crippen LogP contribution in [0.4, 0.5) is 18.9 Å². The Bertz CT molecular complexity index is 416. The van der Waals surface area contributed by atoms with Crippen LogP contribution < -0.4 is 10.2 Å². The molecular formula is C15H23F3N2. The Labute approximate surface area is 119 Å². The second-order valence-electron chi connectivity index (χ2n) is 4.89. The molecular weight excluding hydrogens is 265 g/mol. The number of alkyl halides is 3. The van der Waals surface area contributed by atoms with Crippen LogP contribution >= 0.6 is 0 Å². The van der Waals surface area contributed by atoms with Crippen molar-refractivity contribution in [3.8, 4) is 0 Å². The van der Waals surface area contributed by atoms with E-state index >= 15 is 0 Å². The number of benzene rings is 1. The van der Waals surface area contributed by atoms with Crippen molar-refractivity contribution in [3.63, 3.8) is 0 Å². The average molecular weight is 288 g/mol. The molecule has 114 valence electrons. The van der Waals surface area contributed by atoms with Crippen molar-refractivity contribution < 1.29 is 13.2 Å². The SMILES string of the molecule is CCCCN(C)c1ccc(CNCC)c(C(F)(F)F)c1. The van der Waals surface area contributed by atoms with Gasteiger partial charge in [-0.05, 0) is 30.7 Å². The quantitative estimate of drug-likeness (QED) is 0.814. The van der Waals surface area contributed by atoms with E-state index in [2.05, 4.69) is 12.2 Å². The van der Waals surface area contributed by atoms with Crippen molar-refractivity contribution in [2.24, 2.45) is 0 Å². The van der Waals surface area contributed by atoms with E-state index in [1.807, 2.05) is 18.9 Å². The van der Waals surface area contributed by atoms with Crippen molar-refractivity contribution in [1.82, 2.24) is 5.32 Å². The summed E-state index contributed by atoms with van der Waals surface area (Å²) < 4.78 is 39.4. The molecule has 0 aromatic heterocycles. The zero-order chi connectivity index (χ0) is 15.2. The first-order valence-electron chi connectivity index (χ1n) is 7.02. The summed E-state index contributed by atoms with van der Waals surface area (Å²) in [6, 6.07) is 4.59. The number of unbranched alkanes of at least 4 members (excludes halogenated alkanes) is 1. The molecule has 0 aliphatic rings. The maximum Gasteiger partial charge on any atom is 0.416 e. The van der Waals surface area contributed by atoms with Crippen LogP contribution in [-0.4, -0.2) is 20.1 Å². The zero-order valence-electron chi connectivity index (χ0n) is 12.3. The van der Waals surface area contributed by atoms with Gasteiger partial charge in [-0.2, -0.15) is 13.2 Å². The largest absolute Gasteiger partial charge is 0.416 e. The normalized spacial score (nSPS) is 11.7. The maximum atomic E-state index is 13.1. The Hall–Kier alpha value is -1.23. The molecule has 0 atom stereocenters. The van der Waals surface area contributed by atoms with E-state index in [0.29, 0.717) is 17.8 Å². The molecule has 0 saturated carbocycles. The number of hydrogen-bond donors (Lipinski definition) is 1. The minimum Gasteiger partial charge on any atom is -0.375 e. The van der Waals surface area contributed by atoms with E-state index in [-0.39, 0.29) is 6.54 Å². The summed E-state index contributed by atoms with van der Waals surface area (Å²) in [5, 5.41) is 2.95. The second kappa shape index (κ2) is 7.53. The minimum absolute atomic E-state index is 0.240. The van der Waals surface area contributed by atoms with Crippen LogP contribution in [0.2, 0.25) is 0 Å². The lowest BCUT2D eigenvalue weighted by Gasteiger charge is -2.22. The molecule has 0 saturated heterocycles. The van der Waals surface area contributed by atoms with Crippen LogP contribution in [0.1, 0.15) is 37.8 Å². The van der Waals surface area contributed by atoms with Crippen LogP contribution in [0.5, 0.6) is 0 Å². The van der Waals surface area contributed by atoms with Gasteiger partial charge in [-0.15, -0.1) is 0 Å². The molecule has 2 nitrogen and oxygen atoms in total. The predicted octanol–water partition coefficient (Wildman–Crippen LogP) is 4.05. The Morgan fingerprint density at radius 1 is 1.20 bits per heavy atom. The van der Waals surface area contributed by atoms with Crippen molar-refractivity contribution in [2.75, 3.05) is 25.0 Å². The number of anilines is 1. The Balaban J connectivity index is 3.01. The molecule has 0 bridgehead atoms. The molecule has 1 aromatic rings. The van der Waals surface area contributed by atoms with E-state index < -0.39 is 11.7 Å². The van der Waals surface area contributed by atoms with Crippen LogP contribution in [-0.2, 0) is 12.7 Å². The van der Waals surface area contributed by atoms with Crippen LogP contribution in [0, 0.1) is 0 Å². The summed E-state index contributed by atoms with van der Waals surface area (Å²) in [6.45, 7) is 5.59. The fraction of sp³-hybridized carbons (Fsp3) is 0.600. The molecule has 0 spiro atoms. The van der Waals surface area contributed by atoms with Crippen LogP contribution in [0.3, 0.4) is 0 Å². The molecule has 0 aliphatic heterocycles. The highest BCUT2D eigenvalue weighted by Crippen LogP contribution is 2.34. The van der Waals surface area contributed by atoms with Crippen molar-refractivity contribution >= 4 is 5.69 Å². The van der Waals surface area contributed by atoms with E-state index in [1.54, 1.807) is 12.1 Å². The van der Waals surface area contributed by atoms with Gasteiger partial charge >= 0.3 is 6.18 Å². The van der Waals surface area contributed by atoms with Gasteiger partial charge < -0.3 is 10.2 Å². The minimum atomic E-state index is -4.31. The topological polar surface area (TPSA) is 15.3 Å². The first kappa shape index (κ1) is 16.8. The smallest absolute Gasteiger partial charge is 0.375 e. The summed E-state index contributed by atoms with van der Waals surface area (Å²) in [6.07, 6.45) is -2.32. The highest BCUT2D eigenvalue weighted by atomic mass is 19.4. The third kappa shape index (κ3) is 4.71. The van der Waals surface area contributed by atoms with Gasteiger partial charge in [-0.25, -0.2) is 0 Å². The van der Waals surface area contributed by atoms with Crippen molar-refractivity contribution in [3.05, 3.63) is 29.3 Å². The van der Waals surface area contributed by atoms with Gasteiger partial charge in [0.2, 0.25) is 0 Å². The van der Waals surface area contributed by atoms with Gasteiger partial charge in [0.05, 0.1) is 5.56 Å². The number of halogens is 3. The van der Waals surface area contributed by atoms with E-state index in [0.717, 1.165) is 19.4 Å². The van der Waals surface area contributed by atoms with Crippen molar-refractivity contribution in [1.29, 1.82) is 0 Å². The summed E-state index contributed by atoms with van der Waals surface area (Å²) >= 11 is 0. The number of nitrogens with zero attached hydrogens (tertiary/aromatic N) is 1. The van der Waals surface area contributed by atoms with Gasteiger partial charge in [0.15, 0.2) is 0 Å². The number of hydrogen-bond acceptors (Lipinski definition) is 2. The van der Waals surface area contributed by atoms with E-state index in [4.69, 9.17) is 0 Å². The first-order valence-corrected chi connectivity index (χ1v) is 7.02. The lowest BCUT2D eigenvalue weighted by molar-refractivity contribution is -0.138. The monoisotopic (exact) mass is 288 g/mol. The van der Waals surface area contributed by atoms with E-state index in [9.17, 15) is 13.2 Å². The Kier molecular flexibility index (Phi) is 6.33. The first-order chi connectivity index (χ1) is 9.40. The molecule has 1 aromatic carbocycles. The predicted molar refractivity (Wildman–Crippen MR) is 77.0 cm³/mol. The third-order valence-corrected chi connectivity index (χ3v) is 3.25. The third-order valence-electron chi connectivity index (χ3n) is 3.25. The molecule has 1 rings (SSSR count). The molecule has 0 fully saturated rings. The van der Waals surface area contributed by atoms with Crippen molar-refractivity contribution in [2.45, 2.75) is 39.4 Å². The number of rotatable bonds is 7. The zero-order valence-corrected chi connectivity index (χ0v) is 12.3. The van der Waals surface area contributed by atoms with Gasteiger partial charge in [0.25, 0.3) is 0 Å². The lowest BCUT2D eigenvalue weighted by atomic mass is 10.1. The fourth-order valence-electron chi connectivity index (χ4n) is 2.00. The van der Waals surface area contributed by atoms with Gasteiger partial charge in [-0.1, -0.05) is 26.3 Å². The van der Waals surface area contributed by atoms with Gasteiger partial charge in [-0.3, -0.25) is 0 Å². The summed E-state index contributed by atoms with van der Waals surface area (Å²) in [4.78, 5) is 1.87. The molecule has 0 radical (unpaired) electrons. The maximum absolute atomic E-state index is 13.1. The highest BCUT2D eigenvalue weighted by molar-refractivity contribution is 5.51. The molecule has 1 N–H and O–H groups in total. The summed E-state index contributed by atoms with van der Waals surface area (Å²) in [5.41, 5.74) is 0.373. The lowest BCUT2D eigenvalue weighted by Crippen LogP contribution is -2.21. The van der Waals surface area contributed by atoms with Gasteiger partial charge in [0.1, 0.15) is 0 Å². The standard InChI is InChI=1S/C15H23F3N2/c1-4-6-9-20(3)13-8-7-12(11-19-5-2)14(10-13)15(16,17)18/h7-8,10,19H,4-6,9,11H2,1-3H3. The fourth-order valence-corrected chi connectivity index (χ4v) is 2.00.